The van der Waals surface area contributed by atoms with E-state index in [1.807, 2.05) is 0 Å². The second-order valence-corrected chi connectivity index (χ2v) is 2.89. The van der Waals surface area contributed by atoms with Crippen molar-refractivity contribution in [2.45, 2.75) is 6.92 Å². The predicted molar refractivity (Wildman–Crippen MR) is 56.7 cm³/mol. The van der Waals surface area contributed by atoms with Crippen molar-refractivity contribution in [3.63, 3.8) is 0 Å². The molecular weight excluding hydrogens is 192 g/mol. The lowest BCUT2D eigenvalue weighted by molar-refractivity contribution is 0.565. The SMILES string of the molecule is C=C(C)c1ccc(N=C=O)cc1N=C=O. The highest BCUT2D eigenvalue weighted by Gasteiger charge is 2.03. The van der Waals surface area contributed by atoms with Gasteiger partial charge in [0.05, 0.1) is 11.4 Å². The first-order valence-corrected chi connectivity index (χ1v) is 4.14. The van der Waals surface area contributed by atoms with Crippen LogP contribution in [-0.2, 0) is 9.59 Å². The van der Waals surface area contributed by atoms with Crippen LogP contribution < -0.4 is 0 Å². The van der Waals surface area contributed by atoms with E-state index in [1.54, 1.807) is 19.1 Å². The average molecular weight is 200 g/mol. The first kappa shape index (κ1) is 10.8. The minimum Gasteiger partial charge on any atom is -0.211 e. The molecule has 0 N–H and O–H groups in total. The Morgan fingerprint density at radius 1 is 1.27 bits per heavy atom. The molecule has 0 heterocycles. The molecule has 0 spiro atoms. The van der Waals surface area contributed by atoms with Crippen LogP contribution in [0.3, 0.4) is 0 Å². The van der Waals surface area contributed by atoms with Gasteiger partial charge in [-0.15, -0.1) is 0 Å². The maximum Gasteiger partial charge on any atom is 0.240 e. The van der Waals surface area contributed by atoms with Crippen LogP contribution in [0.2, 0.25) is 0 Å². The highest BCUT2D eigenvalue weighted by atomic mass is 16.1. The number of isocyanates is 2. The van der Waals surface area contributed by atoms with Crippen molar-refractivity contribution in [3.8, 4) is 0 Å². The quantitative estimate of drug-likeness (QED) is 0.556. The third-order valence-corrected chi connectivity index (χ3v) is 1.78. The maximum absolute atomic E-state index is 10.2. The van der Waals surface area contributed by atoms with Crippen molar-refractivity contribution >= 4 is 29.1 Å². The summed E-state index contributed by atoms with van der Waals surface area (Å²) in [7, 11) is 0. The van der Waals surface area contributed by atoms with Crippen molar-refractivity contribution < 1.29 is 9.59 Å². The zero-order chi connectivity index (χ0) is 11.3. The van der Waals surface area contributed by atoms with E-state index in [-0.39, 0.29) is 0 Å². The lowest BCUT2D eigenvalue weighted by Gasteiger charge is -2.03. The number of carbonyl (C=O) groups excluding carboxylic acids is 2. The molecule has 4 heteroatoms. The smallest absolute Gasteiger partial charge is 0.211 e. The van der Waals surface area contributed by atoms with Gasteiger partial charge in [0.1, 0.15) is 0 Å². The molecule has 1 aromatic carbocycles. The Morgan fingerprint density at radius 2 is 1.93 bits per heavy atom. The van der Waals surface area contributed by atoms with Crippen molar-refractivity contribution in [3.05, 3.63) is 30.3 Å². The topological polar surface area (TPSA) is 58.9 Å². The van der Waals surface area contributed by atoms with E-state index in [1.165, 1.54) is 18.2 Å². The van der Waals surface area contributed by atoms with Crippen LogP contribution in [0.25, 0.3) is 5.57 Å². The van der Waals surface area contributed by atoms with Gasteiger partial charge in [0.2, 0.25) is 12.2 Å². The summed E-state index contributed by atoms with van der Waals surface area (Å²) in [6, 6.07) is 4.81. The van der Waals surface area contributed by atoms with Crippen molar-refractivity contribution in [1.29, 1.82) is 0 Å². The van der Waals surface area contributed by atoms with Crippen LogP contribution in [0, 0.1) is 0 Å². The molecule has 1 aromatic rings. The number of hydrogen-bond acceptors (Lipinski definition) is 4. The molecule has 0 amide bonds. The van der Waals surface area contributed by atoms with E-state index < -0.39 is 0 Å². The largest absolute Gasteiger partial charge is 0.240 e. The van der Waals surface area contributed by atoms with E-state index in [9.17, 15) is 9.59 Å². The Balaban J connectivity index is 3.38. The molecule has 0 unspecified atom stereocenters. The van der Waals surface area contributed by atoms with Crippen LogP contribution in [0.4, 0.5) is 11.4 Å². The van der Waals surface area contributed by atoms with Gasteiger partial charge < -0.3 is 0 Å². The van der Waals surface area contributed by atoms with Gasteiger partial charge in [0, 0.05) is 5.56 Å². The predicted octanol–water partition coefficient (Wildman–Crippen LogP) is 2.65. The molecule has 0 aliphatic heterocycles. The second-order valence-electron chi connectivity index (χ2n) is 2.89. The molecule has 0 aliphatic rings. The zero-order valence-corrected chi connectivity index (χ0v) is 8.15. The monoisotopic (exact) mass is 200 g/mol. The van der Waals surface area contributed by atoms with Gasteiger partial charge >= 0.3 is 0 Å². The summed E-state index contributed by atoms with van der Waals surface area (Å²) in [6.45, 7) is 5.54. The molecule has 1 rings (SSSR count). The van der Waals surface area contributed by atoms with Gasteiger partial charge in [0.25, 0.3) is 0 Å². The fourth-order valence-electron chi connectivity index (χ4n) is 1.14. The summed E-state index contributed by atoms with van der Waals surface area (Å²) < 4.78 is 0. The summed E-state index contributed by atoms with van der Waals surface area (Å²) in [6.07, 6.45) is 2.86. The lowest BCUT2D eigenvalue weighted by Crippen LogP contribution is -1.79. The highest BCUT2D eigenvalue weighted by molar-refractivity contribution is 5.76. The molecule has 0 aliphatic carbocycles. The van der Waals surface area contributed by atoms with E-state index in [0.29, 0.717) is 11.4 Å². The first-order valence-electron chi connectivity index (χ1n) is 4.14. The number of aliphatic imine (C=N–C) groups is 2. The Bertz CT molecular complexity index is 493. The minimum atomic E-state index is 0.393. The maximum atomic E-state index is 10.2. The molecule has 0 fully saturated rings. The highest BCUT2D eigenvalue weighted by Crippen LogP contribution is 2.29. The first-order chi connectivity index (χ1) is 7.19. The molecule has 0 saturated carbocycles. The van der Waals surface area contributed by atoms with Crippen LogP contribution in [0.15, 0.2) is 34.8 Å². The zero-order valence-electron chi connectivity index (χ0n) is 8.15. The van der Waals surface area contributed by atoms with Gasteiger partial charge in [-0.1, -0.05) is 12.6 Å². The van der Waals surface area contributed by atoms with E-state index in [2.05, 4.69) is 16.6 Å². The Hall–Kier alpha value is -2.28. The van der Waals surface area contributed by atoms with Gasteiger partial charge in [-0.2, -0.15) is 9.98 Å². The normalized spacial score (nSPS) is 8.60. The summed E-state index contributed by atoms with van der Waals surface area (Å²) in [5.41, 5.74) is 2.28. The third-order valence-electron chi connectivity index (χ3n) is 1.78. The van der Waals surface area contributed by atoms with Crippen LogP contribution in [0.5, 0.6) is 0 Å². The summed E-state index contributed by atoms with van der Waals surface area (Å²) in [5, 5.41) is 0. The number of allylic oxidation sites excluding steroid dienone is 1. The fraction of sp³-hybridized carbons (Fsp3) is 0.0909. The minimum absolute atomic E-state index is 0.393. The Kier molecular flexibility index (Phi) is 3.47. The van der Waals surface area contributed by atoms with Crippen molar-refractivity contribution in [1.82, 2.24) is 0 Å². The van der Waals surface area contributed by atoms with Gasteiger partial charge in [0.15, 0.2) is 0 Å². The molecule has 74 valence electrons. The van der Waals surface area contributed by atoms with E-state index >= 15 is 0 Å². The standard InChI is InChI=1S/C11H8N2O2/c1-8(2)10-4-3-9(12-6-14)5-11(10)13-7-15/h3-5H,1H2,2H3. The van der Waals surface area contributed by atoms with Crippen LogP contribution >= 0.6 is 0 Å². The number of hydrogen-bond donors (Lipinski definition) is 0. The molecule has 4 nitrogen and oxygen atoms in total. The van der Waals surface area contributed by atoms with Gasteiger partial charge in [-0.25, -0.2) is 9.59 Å². The van der Waals surface area contributed by atoms with Gasteiger partial charge in [-0.05, 0) is 24.6 Å². The van der Waals surface area contributed by atoms with Gasteiger partial charge in [-0.3, -0.25) is 0 Å². The van der Waals surface area contributed by atoms with E-state index in [4.69, 9.17) is 0 Å². The molecule has 0 bridgehead atoms. The molecule has 0 aromatic heterocycles. The van der Waals surface area contributed by atoms with Crippen molar-refractivity contribution in [2.24, 2.45) is 9.98 Å². The fourth-order valence-corrected chi connectivity index (χ4v) is 1.14. The Labute approximate surface area is 86.7 Å². The summed E-state index contributed by atoms with van der Waals surface area (Å²) in [5.74, 6) is 0. The Morgan fingerprint density at radius 3 is 2.47 bits per heavy atom. The lowest BCUT2D eigenvalue weighted by atomic mass is 10.1. The molecular formula is C11H8N2O2. The molecule has 0 atom stereocenters. The average Bonchev–Trinajstić information content (AvgIpc) is 2.18. The number of rotatable bonds is 3. The molecule has 0 saturated heterocycles. The van der Waals surface area contributed by atoms with Crippen LogP contribution in [0.1, 0.15) is 12.5 Å². The van der Waals surface area contributed by atoms with E-state index in [0.717, 1.165) is 11.1 Å². The second kappa shape index (κ2) is 4.82. The molecule has 0 radical (unpaired) electrons. The number of nitrogens with zero attached hydrogens (tertiary/aromatic N) is 2. The third kappa shape index (κ3) is 2.58. The number of benzene rings is 1. The molecule has 15 heavy (non-hydrogen) atoms. The summed E-state index contributed by atoms with van der Waals surface area (Å²) >= 11 is 0. The summed E-state index contributed by atoms with van der Waals surface area (Å²) in [4.78, 5) is 27.2. The van der Waals surface area contributed by atoms with Crippen LogP contribution in [-0.4, -0.2) is 12.2 Å². The van der Waals surface area contributed by atoms with Crippen molar-refractivity contribution in [2.75, 3.05) is 0 Å².